The van der Waals surface area contributed by atoms with E-state index in [1.165, 1.54) is 11.8 Å². The Hall–Kier alpha value is -1.30. The fraction of sp³-hybridized carbons (Fsp3) is 0.286. The quantitative estimate of drug-likeness (QED) is 0.808. The molecule has 104 valence electrons. The number of thioether (sulfide) groups is 1. The molecule has 2 heterocycles. The summed E-state index contributed by atoms with van der Waals surface area (Å²) in [6.45, 7) is 3.66. The van der Waals surface area contributed by atoms with Crippen LogP contribution in [0.4, 0.5) is 0 Å². The molecule has 1 saturated heterocycles. The first-order chi connectivity index (χ1) is 9.72. The van der Waals surface area contributed by atoms with Crippen molar-refractivity contribution in [1.29, 1.82) is 0 Å². The molecule has 1 N–H and O–H groups in total. The summed E-state index contributed by atoms with van der Waals surface area (Å²) >= 11 is 7.30. The van der Waals surface area contributed by atoms with E-state index in [4.69, 9.17) is 11.6 Å². The predicted molar refractivity (Wildman–Crippen MR) is 83.9 cm³/mol. The molecule has 1 aromatic carbocycles. The van der Waals surface area contributed by atoms with Crippen molar-refractivity contribution < 1.29 is 4.79 Å². The third-order valence-corrected chi connectivity index (χ3v) is 4.46. The molecule has 4 nitrogen and oxygen atoms in total. The first-order valence-corrected chi connectivity index (χ1v) is 7.65. The lowest BCUT2D eigenvalue weighted by atomic mass is 10.2. The van der Waals surface area contributed by atoms with Crippen LogP contribution in [0.15, 0.2) is 34.2 Å². The number of hydrogen-bond acceptors (Lipinski definition) is 4. The number of carbonyl (C=O) groups is 1. The molecule has 20 heavy (non-hydrogen) atoms. The van der Waals surface area contributed by atoms with E-state index in [1.807, 2.05) is 30.3 Å². The topological polar surface area (TPSA) is 44.7 Å². The zero-order chi connectivity index (χ0) is 13.9. The Morgan fingerprint density at radius 1 is 1.25 bits per heavy atom. The Kier molecular flexibility index (Phi) is 4.10. The van der Waals surface area contributed by atoms with Crippen molar-refractivity contribution in [2.24, 2.45) is 4.99 Å². The number of carbonyl (C=O) groups excluding carboxylic acids is 1. The average molecular weight is 308 g/mol. The molecule has 0 unspecified atom stereocenters. The number of piperazine rings is 1. The van der Waals surface area contributed by atoms with E-state index in [0.717, 1.165) is 36.9 Å². The number of amides is 1. The first kappa shape index (κ1) is 13.7. The number of nitrogens with one attached hydrogen (secondary N) is 1. The summed E-state index contributed by atoms with van der Waals surface area (Å²) in [5.41, 5.74) is 0.960. The number of rotatable bonds is 1. The van der Waals surface area contributed by atoms with Crippen molar-refractivity contribution in [3.63, 3.8) is 0 Å². The highest BCUT2D eigenvalue weighted by atomic mass is 35.5. The van der Waals surface area contributed by atoms with Gasteiger partial charge in [-0.05, 0) is 35.5 Å². The van der Waals surface area contributed by atoms with Crippen LogP contribution in [0.25, 0.3) is 6.08 Å². The standard InChI is InChI=1S/C14H14ClN3OS/c15-11-3-1-10(2-4-11)9-12-13(19)17-14(20-12)18-7-5-16-6-8-18/h1-4,9,16H,5-8H2/b12-9-. The summed E-state index contributed by atoms with van der Waals surface area (Å²) in [6, 6.07) is 7.42. The number of amidine groups is 1. The second kappa shape index (κ2) is 5.99. The first-order valence-electron chi connectivity index (χ1n) is 6.46. The highest BCUT2D eigenvalue weighted by Crippen LogP contribution is 2.30. The van der Waals surface area contributed by atoms with Gasteiger partial charge in [-0.15, -0.1) is 0 Å². The minimum absolute atomic E-state index is 0.154. The monoisotopic (exact) mass is 307 g/mol. The van der Waals surface area contributed by atoms with Gasteiger partial charge in [-0.25, -0.2) is 0 Å². The number of benzene rings is 1. The largest absolute Gasteiger partial charge is 0.348 e. The Balaban J connectivity index is 1.74. The minimum atomic E-state index is -0.154. The third-order valence-electron chi connectivity index (χ3n) is 3.16. The maximum atomic E-state index is 12.0. The molecule has 0 aromatic heterocycles. The molecule has 0 saturated carbocycles. The molecule has 1 amide bonds. The van der Waals surface area contributed by atoms with Gasteiger partial charge in [0.1, 0.15) is 0 Å². The zero-order valence-electron chi connectivity index (χ0n) is 10.8. The second-order valence-corrected chi connectivity index (χ2v) is 6.04. The molecule has 3 rings (SSSR count). The fourth-order valence-corrected chi connectivity index (χ4v) is 3.19. The van der Waals surface area contributed by atoms with Gasteiger partial charge in [-0.1, -0.05) is 23.7 Å². The molecule has 1 fully saturated rings. The van der Waals surface area contributed by atoms with E-state index >= 15 is 0 Å². The molecular formula is C14H14ClN3OS. The number of aliphatic imine (C=N–C) groups is 1. The molecule has 0 radical (unpaired) electrons. The van der Waals surface area contributed by atoms with Crippen LogP contribution in [0.3, 0.4) is 0 Å². The van der Waals surface area contributed by atoms with Gasteiger partial charge < -0.3 is 10.2 Å². The summed E-state index contributed by atoms with van der Waals surface area (Å²) in [4.78, 5) is 18.9. The number of nitrogens with zero attached hydrogens (tertiary/aromatic N) is 2. The molecule has 2 aliphatic rings. The van der Waals surface area contributed by atoms with Crippen LogP contribution in [0.5, 0.6) is 0 Å². The van der Waals surface area contributed by atoms with Crippen LogP contribution in [0.1, 0.15) is 5.56 Å². The Morgan fingerprint density at radius 2 is 1.95 bits per heavy atom. The van der Waals surface area contributed by atoms with E-state index < -0.39 is 0 Å². The summed E-state index contributed by atoms with van der Waals surface area (Å²) in [5, 5.41) is 4.79. The Morgan fingerprint density at radius 3 is 2.65 bits per heavy atom. The zero-order valence-corrected chi connectivity index (χ0v) is 12.4. The normalized spacial score (nSPS) is 21.4. The van der Waals surface area contributed by atoms with Gasteiger partial charge in [0.25, 0.3) is 5.91 Å². The van der Waals surface area contributed by atoms with Crippen molar-refractivity contribution in [3.8, 4) is 0 Å². The van der Waals surface area contributed by atoms with E-state index in [0.29, 0.717) is 9.93 Å². The Labute approximate surface area is 126 Å². The van der Waals surface area contributed by atoms with Crippen LogP contribution in [-0.4, -0.2) is 42.2 Å². The molecule has 0 spiro atoms. The van der Waals surface area contributed by atoms with Crippen LogP contribution in [0.2, 0.25) is 5.02 Å². The maximum absolute atomic E-state index is 12.0. The van der Waals surface area contributed by atoms with Gasteiger partial charge in [-0.2, -0.15) is 4.99 Å². The molecule has 1 aromatic rings. The molecule has 0 aliphatic carbocycles. The van der Waals surface area contributed by atoms with Crippen LogP contribution in [0, 0.1) is 0 Å². The summed E-state index contributed by atoms with van der Waals surface area (Å²) in [7, 11) is 0. The van der Waals surface area contributed by atoms with E-state index in [9.17, 15) is 4.79 Å². The van der Waals surface area contributed by atoms with E-state index in [1.54, 1.807) is 0 Å². The highest BCUT2D eigenvalue weighted by molar-refractivity contribution is 8.18. The minimum Gasteiger partial charge on any atom is -0.348 e. The summed E-state index contributed by atoms with van der Waals surface area (Å²) in [6.07, 6.45) is 1.86. The van der Waals surface area contributed by atoms with Gasteiger partial charge in [0.05, 0.1) is 4.91 Å². The second-order valence-electron chi connectivity index (χ2n) is 4.60. The van der Waals surface area contributed by atoms with Crippen molar-refractivity contribution >= 4 is 40.5 Å². The lowest BCUT2D eigenvalue weighted by Gasteiger charge is -2.27. The number of halogens is 1. The average Bonchev–Trinajstić information content (AvgIpc) is 2.84. The number of hydrogen-bond donors (Lipinski definition) is 1. The van der Waals surface area contributed by atoms with Gasteiger partial charge in [0.15, 0.2) is 5.17 Å². The van der Waals surface area contributed by atoms with Crippen LogP contribution in [-0.2, 0) is 4.79 Å². The van der Waals surface area contributed by atoms with Gasteiger partial charge in [0, 0.05) is 31.2 Å². The molecule has 6 heteroatoms. The highest BCUT2D eigenvalue weighted by Gasteiger charge is 2.26. The smallest absolute Gasteiger partial charge is 0.286 e. The van der Waals surface area contributed by atoms with Crippen molar-refractivity contribution in [2.45, 2.75) is 0 Å². The van der Waals surface area contributed by atoms with Crippen molar-refractivity contribution in [2.75, 3.05) is 26.2 Å². The third kappa shape index (κ3) is 3.06. The summed E-state index contributed by atoms with van der Waals surface area (Å²) < 4.78 is 0. The SMILES string of the molecule is O=C1N=C(N2CCNCC2)S/C1=C\c1ccc(Cl)cc1. The molecular weight excluding hydrogens is 294 g/mol. The van der Waals surface area contributed by atoms with Gasteiger partial charge in [-0.3, -0.25) is 4.79 Å². The predicted octanol–water partition coefficient (Wildman–Crippen LogP) is 2.22. The van der Waals surface area contributed by atoms with Gasteiger partial charge >= 0.3 is 0 Å². The maximum Gasteiger partial charge on any atom is 0.286 e. The van der Waals surface area contributed by atoms with E-state index in [2.05, 4.69) is 15.2 Å². The van der Waals surface area contributed by atoms with E-state index in [-0.39, 0.29) is 5.91 Å². The van der Waals surface area contributed by atoms with Crippen molar-refractivity contribution in [3.05, 3.63) is 39.8 Å². The van der Waals surface area contributed by atoms with Crippen LogP contribution >= 0.6 is 23.4 Å². The molecule has 0 atom stereocenters. The summed E-state index contributed by atoms with van der Waals surface area (Å²) in [5.74, 6) is -0.154. The Bertz CT molecular complexity index is 577. The fourth-order valence-electron chi connectivity index (χ4n) is 2.10. The lowest BCUT2D eigenvalue weighted by molar-refractivity contribution is -0.113. The van der Waals surface area contributed by atoms with Crippen molar-refractivity contribution in [1.82, 2.24) is 10.2 Å². The molecule has 2 aliphatic heterocycles. The lowest BCUT2D eigenvalue weighted by Crippen LogP contribution is -2.45. The van der Waals surface area contributed by atoms with Gasteiger partial charge in [0.2, 0.25) is 0 Å². The molecule has 0 bridgehead atoms. The van der Waals surface area contributed by atoms with Crippen LogP contribution < -0.4 is 5.32 Å².